The van der Waals surface area contributed by atoms with Crippen molar-refractivity contribution in [3.8, 4) is 0 Å². The van der Waals surface area contributed by atoms with E-state index >= 15 is 0 Å². The Morgan fingerprint density at radius 2 is 1.82 bits per heavy atom. The molecule has 0 saturated carbocycles. The minimum Gasteiger partial charge on any atom is -0.480 e. The third-order valence-corrected chi connectivity index (χ3v) is 2.87. The summed E-state index contributed by atoms with van der Waals surface area (Å²) in [6, 6.07) is 10.3. The van der Waals surface area contributed by atoms with E-state index in [1.807, 2.05) is 24.3 Å². The molecule has 0 saturated heterocycles. The molecule has 2 rings (SSSR count). The van der Waals surface area contributed by atoms with Crippen molar-refractivity contribution in [2.45, 2.75) is 12.5 Å². The number of carboxylic acids is 1. The first kappa shape index (κ1) is 11.7. The summed E-state index contributed by atoms with van der Waals surface area (Å²) in [4.78, 5) is 11.2. The van der Waals surface area contributed by atoms with Gasteiger partial charge in [0.1, 0.15) is 6.04 Å². The molecule has 0 aliphatic rings. The largest absolute Gasteiger partial charge is 0.480 e. The molecule has 88 valence electrons. The monoisotopic (exact) mass is 249 g/mol. The predicted molar refractivity (Wildman–Crippen MR) is 66.3 cm³/mol. The molecule has 4 heteroatoms. The Bertz CT molecular complexity index is 491. The first-order valence-corrected chi connectivity index (χ1v) is 5.64. The number of aromatic nitrogens is 1. The zero-order valence-electron chi connectivity index (χ0n) is 9.08. The van der Waals surface area contributed by atoms with Crippen LogP contribution in [0.25, 0.3) is 0 Å². The summed E-state index contributed by atoms with van der Waals surface area (Å²) < 4.78 is 1.69. The Morgan fingerprint density at radius 3 is 2.35 bits per heavy atom. The summed E-state index contributed by atoms with van der Waals surface area (Å²) in [6.45, 7) is 0. The Hall–Kier alpha value is -1.74. The summed E-state index contributed by atoms with van der Waals surface area (Å²) in [5.41, 5.74) is 0.954. The van der Waals surface area contributed by atoms with Crippen molar-refractivity contribution < 1.29 is 9.90 Å². The summed E-state index contributed by atoms with van der Waals surface area (Å²) in [5, 5.41) is 9.87. The zero-order valence-corrected chi connectivity index (χ0v) is 9.84. The number of carbonyl (C=O) groups is 1. The lowest BCUT2D eigenvalue weighted by Crippen LogP contribution is -2.20. The SMILES string of the molecule is O=C(O)C(Cc1ccc(Cl)cc1)n1cccc1. The van der Waals surface area contributed by atoms with Crippen LogP contribution in [0.4, 0.5) is 0 Å². The molecule has 0 aliphatic carbocycles. The van der Waals surface area contributed by atoms with Crippen molar-refractivity contribution in [1.82, 2.24) is 4.57 Å². The Balaban J connectivity index is 2.19. The van der Waals surface area contributed by atoms with Gasteiger partial charge in [0.25, 0.3) is 0 Å². The first-order valence-electron chi connectivity index (χ1n) is 5.26. The van der Waals surface area contributed by atoms with Crippen LogP contribution in [0, 0.1) is 0 Å². The van der Waals surface area contributed by atoms with E-state index < -0.39 is 12.0 Å². The van der Waals surface area contributed by atoms with Gasteiger partial charge in [0, 0.05) is 23.8 Å². The lowest BCUT2D eigenvalue weighted by Gasteiger charge is -2.14. The van der Waals surface area contributed by atoms with Crippen LogP contribution >= 0.6 is 11.6 Å². The van der Waals surface area contributed by atoms with Crippen LogP contribution in [0.2, 0.25) is 5.02 Å². The van der Waals surface area contributed by atoms with Crippen molar-refractivity contribution in [2.24, 2.45) is 0 Å². The smallest absolute Gasteiger partial charge is 0.327 e. The van der Waals surface area contributed by atoms with E-state index in [-0.39, 0.29) is 0 Å². The molecule has 0 aliphatic heterocycles. The number of aliphatic carboxylic acids is 1. The van der Waals surface area contributed by atoms with Crippen molar-refractivity contribution in [3.05, 3.63) is 59.4 Å². The van der Waals surface area contributed by atoms with Crippen LogP contribution in [0.5, 0.6) is 0 Å². The molecule has 0 spiro atoms. The van der Waals surface area contributed by atoms with Crippen molar-refractivity contribution in [2.75, 3.05) is 0 Å². The predicted octanol–water partition coefficient (Wildman–Crippen LogP) is 3.01. The van der Waals surface area contributed by atoms with Gasteiger partial charge in [-0.15, -0.1) is 0 Å². The van der Waals surface area contributed by atoms with E-state index in [4.69, 9.17) is 11.6 Å². The lowest BCUT2D eigenvalue weighted by molar-refractivity contribution is -0.140. The fraction of sp³-hybridized carbons (Fsp3) is 0.154. The number of rotatable bonds is 4. The number of carboxylic acid groups (broad SMARTS) is 1. The average molecular weight is 250 g/mol. The fourth-order valence-electron chi connectivity index (χ4n) is 1.72. The van der Waals surface area contributed by atoms with Gasteiger partial charge in [-0.05, 0) is 29.8 Å². The third kappa shape index (κ3) is 2.88. The standard InChI is InChI=1S/C13H12ClNO2/c14-11-5-3-10(4-6-11)9-12(13(16)17)15-7-1-2-8-15/h1-8,12H,9H2,(H,16,17). The van der Waals surface area contributed by atoms with Gasteiger partial charge < -0.3 is 9.67 Å². The summed E-state index contributed by atoms with van der Waals surface area (Å²) in [6.07, 6.45) is 3.96. The Labute approximate surface area is 104 Å². The molecule has 1 unspecified atom stereocenters. The lowest BCUT2D eigenvalue weighted by atomic mass is 10.1. The van der Waals surface area contributed by atoms with E-state index in [1.165, 1.54) is 0 Å². The molecule has 1 aromatic carbocycles. The minimum atomic E-state index is -0.837. The average Bonchev–Trinajstić information content (AvgIpc) is 2.81. The zero-order chi connectivity index (χ0) is 12.3. The molecule has 1 aromatic heterocycles. The number of halogens is 1. The van der Waals surface area contributed by atoms with Gasteiger partial charge in [0.05, 0.1) is 0 Å². The molecule has 17 heavy (non-hydrogen) atoms. The number of nitrogens with zero attached hydrogens (tertiary/aromatic N) is 1. The first-order chi connectivity index (χ1) is 8.16. The molecule has 0 amide bonds. The molecule has 2 aromatic rings. The highest BCUT2D eigenvalue weighted by Crippen LogP contribution is 2.17. The molecular formula is C13H12ClNO2. The van der Waals surface area contributed by atoms with Crippen LogP contribution in [-0.2, 0) is 11.2 Å². The van der Waals surface area contributed by atoms with Gasteiger partial charge in [0.15, 0.2) is 0 Å². The van der Waals surface area contributed by atoms with E-state index in [2.05, 4.69) is 0 Å². The topological polar surface area (TPSA) is 42.2 Å². The number of benzene rings is 1. The molecular weight excluding hydrogens is 238 g/mol. The maximum Gasteiger partial charge on any atom is 0.327 e. The molecule has 0 bridgehead atoms. The second kappa shape index (κ2) is 5.06. The Kier molecular flexibility index (Phi) is 3.49. The van der Waals surface area contributed by atoms with Gasteiger partial charge in [-0.25, -0.2) is 4.79 Å². The molecule has 1 N–H and O–H groups in total. The van der Waals surface area contributed by atoms with E-state index in [0.717, 1.165) is 5.56 Å². The van der Waals surface area contributed by atoms with Crippen LogP contribution in [0.15, 0.2) is 48.8 Å². The highest BCUT2D eigenvalue weighted by Gasteiger charge is 2.18. The second-order valence-electron chi connectivity index (χ2n) is 3.81. The maximum absolute atomic E-state index is 11.2. The fourth-order valence-corrected chi connectivity index (χ4v) is 1.85. The molecule has 3 nitrogen and oxygen atoms in total. The minimum absolute atomic E-state index is 0.446. The van der Waals surface area contributed by atoms with Gasteiger partial charge >= 0.3 is 5.97 Å². The summed E-state index contributed by atoms with van der Waals surface area (Å²) in [5.74, 6) is -0.837. The molecule has 0 fully saturated rings. The molecule has 0 radical (unpaired) electrons. The second-order valence-corrected chi connectivity index (χ2v) is 4.25. The number of hydrogen-bond acceptors (Lipinski definition) is 1. The summed E-state index contributed by atoms with van der Waals surface area (Å²) in [7, 11) is 0. The molecule has 1 atom stereocenters. The third-order valence-electron chi connectivity index (χ3n) is 2.61. The van der Waals surface area contributed by atoms with Crippen LogP contribution in [-0.4, -0.2) is 15.6 Å². The van der Waals surface area contributed by atoms with Crippen molar-refractivity contribution >= 4 is 17.6 Å². The van der Waals surface area contributed by atoms with E-state index in [9.17, 15) is 9.90 Å². The van der Waals surface area contributed by atoms with E-state index in [1.54, 1.807) is 29.1 Å². The summed E-state index contributed by atoms with van der Waals surface area (Å²) >= 11 is 5.79. The maximum atomic E-state index is 11.2. The normalized spacial score (nSPS) is 12.3. The highest BCUT2D eigenvalue weighted by molar-refractivity contribution is 6.30. The van der Waals surface area contributed by atoms with E-state index in [0.29, 0.717) is 11.4 Å². The van der Waals surface area contributed by atoms with Crippen LogP contribution < -0.4 is 0 Å². The van der Waals surface area contributed by atoms with Gasteiger partial charge in [0.2, 0.25) is 0 Å². The van der Waals surface area contributed by atoms with Crippen molar-refractivity contribution in [1.29, 1.82) is 0 Å². The quantitative estimate of drug-likeness (QED) is 0.905. The van der Waals surface area contributed by atoms with Gasteiger partial charge in [-0.3, -0.25) is 0 Å². The number of hydrogen-bond donors (Lipinski definition) is 1. The highest BCUT2D eigenvalue weighted by atomic mass is 35.5. The molecule has 1 heterocycles. The van der Waals surface area contributed by atoms with Crippen LogP contribution in [0.3, 0.4) is 0 Å². The van der Waals surface area contributed by atoms with Crippen molar-refractivity contribution in [3.63, 3.8) is 0 Å². The van der Waals surface area contributed by atoms with Gasteiger partial charge in [-0.2, -0.15) is 0 Å². The van der Waals surface area contributed by atoms with Gasteiger partial charge in [-0.1, -0.05) is 23.7 Å². The Morgan fingerprint density at radius 1 is 1.24 bits per heavy atom. The van der Waals surface area contributed by atoms with Crippen LogP contribution in [0.1, 0.15) is 11.6 Å².